The number of hydrogen-bond donors (Lipinski definition) is 0. The molecule has 0 aliphatic heterocycles. The van der Waals surface area contributed by atoms with Gasteiger partial charge >= 0.3 is 0 Å². The van der Waals surface area contributed by atoms with Crippen molar-refractivity contribution in [3.05, 3.63) is 36.4 Å². The van der Waals surface area contributed by atoms with Crippen molar-refractivity contribution in [2.45, 2.75) is 19.5 Å². The Labute approximate surface area is 76.5 Å². The summed E-state index contributed by atoms with van der Waals surface area (Å²) in [4.78, 5) is 0. The van der Waals surface area contributed by atoms with Crippen LogP contribution in [0.3, 0.4) is 0 Å². The van der Waals surface area contributed by atoms with Crippen LogP contribution >= 0.6 is 0 Å². The molecule has 12 heavy (non-hydrogen) atoms. The van der Waals surface area contributed by atoms with Gasteiger partial charge in [0.1, 0.15) is 0 Å². The van der Waals surface area contributed by atoms with E-state index < -0.39 is 8.80 Å². The zero-order valence-electron chi connectivity index (χ0n) is 7.88. The minimum Gasteiger partial charge on any atom is -0.0985 e. The van der Waals surface area contributed by atoms with Gasteiger partial charge in [-0.3, -0.25) is 0 Å². The second-order valence-electron chi connectivity index (χ2n) is 3.18. The fraction of sp³-hybridized carbons (Fsp3) is 0.273. The molecule has 0 aromatic heterocycles. The summed E-state index contributed by atoms with van der Waals surface area (Å²) in [5.41, 5.74) is 1.22. The molecule has 0 amide bonds. The van der Waals surface area contributed by atoms with Crippen molar-refractivity contribution >= 4 is 20.1 Å². The van der Waals surface area contributed by atoms with Gasteiger partial charge in [0.05, 0.1) is 8.80 Å². The van der Waals surface area contributed by atoms with E-state index in [1.165, 1.54) is 11.6 Å². The topological polar surface area (TPSA) is 0 Å². The molecule has 0 aliphatic rings. The summed E-state index contributed by atoms with van der Waals surface area (Å²) >= 11 is 0. The minimum absolute atomic E-state index is 0.606. The maximum Gasteiger partial charge on any atom is 0.0675 e. The maximum absolute atomic E-state index is 3.74. The Morgan fingerprint density at radius 2 is 1.92 bits per heavy atom. The molecule has 64 valence electrons. The van der Waals surface area contributed by atoms with E-state index in [1.807, 2.05) is 6.08 Å². The Morgan fingerprint density at radius 1 is 1.33 bits per heavy atom. The molecule has 1 heteroatoms. The number of rotatable bonds is 3. The fourth-order valence-corrected chi connectivity index (χ4v) is 2.52. The van der Waals surface area contributed by atoms with Crippen molar-refractivity contribution in [1.82, 2.24) is 0 Å². The molecule has 0 fully saturated rings. The SMILES string of the molecule is C=Cc1ccc([SiH](C)CC)cc1. The molecule has 0 aliphatic carbocycles. The summed E-state index contributed by atoms with van der Waals surface area (Å²) in [5, 5.41) is 1.56. The zero-order valence-corrected chi connectivity index (χ0v) is 9.03. The fourth-order valence-electron chi connectivity index (χ4n) is 1.20. The molecular weight excluding hydrogens is 160 g/mol. The van der Waals surface area contributed by atoms with E-state index in [0.29, 0.717) is 0 Å². The van der Waals surface area contributed by atoms with Crippen LogP contribution in [0, 0.1) is 0 Å². The first kappa shape index (κ1) is 9.27. The molecule has 0 N–H and O–H groups in total. The van der Waals surface area contributed by atoms with Gasteiger partial charge in [0, 0.05) is 0 Å². The molecule has 0 saturated heterocycles. The molecule has 0 nitrogen and oxygen atoms in total. The normalized spacial score (nSPS) is 12.5. The van der Waals surface area contributed by atoms with Crippen molar-refractivity contribution in [3.8, 4) is 0 Å². The first-order chi connectivity index (χ1) is 5.77. The van der Waals surface area contributed by atoms with Crippen LogP contribution in [-0.2, 0) is 0 Å². The molecule has 1 aromatic rings. The highest BCUT2D eigenvalue weighted by molar-refractivity contribution is 6.71. The first-order valence-corrected chi connectivity index (χ1v) is 7.05. The van der Waals surface area contributed by atoms with Crippen molar-refractivity contribution < 1.29 is 0 Å². The molecule has 0 bridgehead atoms. The minimum atomic E-state index is -0.606. The summed E-state index contributed by atoms with van der Waals surface area (Å²) in [6, 6.07) is 10.1. The number of benzene rings is 1. The Bertz CT molecular complexity index is 248. The van der Waals surface area contributed by atoms with Crippen molar-refractivity contribution in [2.75, 3.05) is 0 Å². The third-order valence-corrected chi connectivity index (χ3v) is 5.10. The van der Waals surface area contributed by atoms with Gasteiger partial charge < -0.3 is 0 Å². The second kappa shape index (κ2) is 4.26. The molecule has 1 unspecified atom stereocenters. The smallest absolute Gasteiger partial charge is 0.0675 e. The molecule has 1 aromatic carbocycles. The predicted molar refractivity (Wildman–Crippen MR) is 59.7 cm³/mol. The maximum atomic E-state index is 3.74. The van der Waals surface area contributed by atoms with E-state index in [9.17, 15) is 0 Å². The van der Waals surface area contributed by atoms with Crippen LogP contribution in [0.5, 0.6) is 0 Å². The summed E-state index contributed by atoms with van der Waals surface area (Å²) < 4.78 is 0. The van der Waals surface area contributed by atoms with Gasteiger partial charge in [0.15, 0.2) is 0 Å². The lowest BCUT2D eigenvalue weighted by molar-refractivity contribution is 1.42. The lowest BCUT2D eigenvalue weighted by atomic mass is 10.2. The Kier molecular flexibility index (Phi) is 3.29. The van der Waals surface area contributed by atoms with Crippen LogP contribution in [0.25, 0.3) is 6.08 Å². The third kappa shape index (κ3) is 2.08. The van der Waals surface area contributed by atoms with Gasteiger partial charge in [0.2, 0.25) is 0 Å². The quantitative estimate of drug-likeness (QED) is 0.620. The molecule has 0 radical (unpaired) electrons. The zero-order chi connectivity index (χ0) is 8.97. The van der Waals surface area contributed by atoms with Crippen LogP contribution in [0.4, 0.5) is 0 Å². The van der Waals surface area contributed by atoms with Crippen LogP contribution < -0.4 is 5.19 Å². The number of hydrogen-bond acceptors (Lipinski definition) is 0. The van der Waals surface area contributed by atoms with Crippen LogP contribution in [0.15, 0.2) is 30.8 Å². The summed E-state index contributed by atoms with van der Waals surface area (Å²) in [6.07, 6.45) is 1.89. The van der Waals surface area contributed by atoms with E-state index in [2.05, 4.69) is 44.3 Å². The molecule has 0 saturated carbocycles. The summed E-state index contributed by atoms with van der Waals surface area (Å²) in [7, 11) is -0.606. The largest absolute Gasteiger partial charge is 0.0985 e. The average molecular weight is 176 g/mol. The highest BCUT2D eigenvalue weighted by Crippen LogP contribution is 2.00. The standard InChI is InChI=1S/C11H16Si/c1-4-10-6-8-11(9-7-10)12(3)5-2/h4,6-9,12H,1,5H2,2-3H3. The third-order valence-electron chi connectivity index (χ3n) is 2.35. The first-order valence-electron chi connectivity index (χ1n) is 4.50. The molecular formula is C11H16Si. The highest BCUT2D eigenvalue weighted by atomic mass is 28.3. The van der Waals surface area contributed by atoms with Gasteiger partial charge in [0.25, 0.3) is 0 Å². The van der Waals surface area contributed by atoms with Crippen LogP contribution in [-0.4, -0.2) is 8.80 Å². The Balaban J connectivity index is 2.84. The van der Waals surface area contributed by atoms with Gasteiger partial charge in [-0.25, -0.2) is 0 Å². The monoisotopic (exact) mass is 176 g/mol. The molecule has 1 atom stereocenters. The van der Waals surface area contributed by atoms with Gasteiger partial charge in [-0.15, -0.1) is 0 Å². The second-order valence-corrected chi connectivity index (χ2v) is 6.47. The summed E-state index contributed by atoms with van der Waals surface area (Å²) in [6.45, 7) is 8.40. The highest BCUT2D eigenvalue weighted by Gasteiger charge is 2.02. The van der Waals surface area contributed by atoms with E-state index in [1.54, 1.807) is 5.19 Å². The van der Waals surface area contributed by atoms with E-state index in [4.69, 9.17) is 0 Å². The van der Waals surface area contributed by atoms with Gasteiger partial charge in [-0.1, -0.05) is 61.6 Å². The average Bonchev–Trinajstić information content (AvgIpc) is 2.17. The van der Waals surface area contributed by atoms with Crippen molar-refractivity contribution in [1.29, 1.82) is 0 Å². The van der Waals surface area contributed by atoms with Crippen LogP contribution in [0.2, 0.25) is 12.6 Å². The molecule has 0 heterocycles. The van der Waals surface area contributed by atoms with Crippen LogP contribution in [0.1, 0.15) is 12.5 Å². The summed E-state index contributed by atoms with van der Waals surface area (Å²) in [5.74, 6) is 0. The van der Waals surface area contributed by atoms with E-state index >= 15 is 0 Å². The Morgan fingerprint density at radius 3 is 2.33 bits per heavy atom. The Hall–Kier alpha value is -0.823. The predicted octanol–water partition coefficient (Wildman–Crippen LogP) is 2.41. The molecule has 1 rings (SSSR count). The van der Waals surface area contributed by atoms with Crippen molar-refractivity contribution in [2.24, 2.45) is 0 Å². The lowest BCUT2D eigenvalue weighted by Crippen LogP contribution is -2.24. The van der Waals surface area contributed by atoms with E-state index in [-0.39, 0.29) is 0 Å². The van der Waals surface area contributed by atoms with Gasteiger partial charge in [-0.2, -0.15) is 0 Å². The van der Waals surface area contributed by atoms with Gasteiger partial charge in [-0.05, 0) is 5.56 Å². The van der Waals surface area contributed by atoms with Crippen molar-refractivity contribution in [3.63, 3.8) is 0 Å². The molecule has 0 spiro atoms. The van der Waals surface area contributed by atoms with E-state index in [0.717, 1.165) is 0 Å². The lowest BCUT2D eigenvalue weighted by Gasteiger charge is -2.06.